The second kappa shape index (κ2) is 11.3. The maximum absolute atomic E-state index is 14.2. The van der Waals surface area contributed by atoms with E-state index in [1.807, 2.05) is 23.1 Å². The zero-order chi connectivity index (χ0) is 24.8. The smallest absolute Gasteiger partial charge is 0.313 e. The van der Waals surface area contributed by atoms with Crippen LogP contribution in [0.2, 0.25) is 5.02 Å². The van der Waals surface area contributed by atoms with Gasteiger partial charge in [0.2, 0.25) is 0 Å². The summed E-state index contributed by atoms with van der Waals surface area (Å²) >= 11 is 6.10. The monoisotopic (exact) mass is 495 g/mol. The summed E-state index contributed by atoms with van der Waals surface area (Å²) in [4.78, 5) is 33.5. The first kappa shape index (κ1) is 24.6. The zero-order valence-corrected chi connectivity index (χ0v) is 20.1. The molecule has 1 aliphatic heterocycles. The van der Waals surface area contributed by atoms with Crippen molar-refractivity contribution < 1.29 is 14.0 Å². The van der Waals surface area contributed by atoms with Gasteiger partial charge in [0.05, 0.1) is 11.7 Å². The first-order valence-corrected chi connectivity index (χ1v) is 11.8. The van der Waals surface area contributed by atoms with Gasteiger partial charge in [-0.2, -0.15) is 0 Å². The molecular formula is C26H27ClFN5O2. The standard InChI is InChI=1S/C26H27ClFN5O2/c1-18-20(27)7-4-9-22(18)31-26(35)25(34)30-17-24(19-6-5-11-29-16-19)33-14-12-32(13-15-33)23-10-3-2-8-21(23)28/h2-11,16,24H,12-15,17H2,1H3,(H,30,34)(H,31,35)/t24-/m1/s1. The molecule has 0 bridgehead atoms. The molecule has 2 N–H and O–H groups in total. The van der Waals surface area contributed by atoms with Gasteiger partial charge in [-0.05, 0) is 48.4 Å². The van der Waals surface area contributed by atoms with E-state index in [9.17, 15) is 14.0 Å². The molecule has 2 aromatic carbocycles. The highest BCUT2D eigenvalue weighted by Crippen LogP contribution is 2.25. The highest BCUT2D eigenvalue weighted by Gasteiger charge is 2.27. The van der Waals surface area contributed by atoms with Gasteiger partial charge >= 0.3 is 11.8 Å². The molecule has 1 fully saturated rings. The fraction of sp³-hybridized carbons (Fsp3) is 0.269. The summed E-state index contributed by atoms with van der Waals surface area (Å²) in [6.45, 7) is 4.61. The van der Waals surface area contributed by atoms with Crippen molar-refractivity contribution in [3.05, 3.63) is 89.0 Å². The molecule has 1 atom stereocenters. The molecule has 0 spiro atoms. The van der Waals surface area contributed by atoms with Crippen LogP contribution < -0.4 is 15.5 Å². The van der Waals surface area contributed by atoms with Crippen LogP contribution in [0.15, 0.2) is 67.0 Å². The molecule has 0 aliphatic carbocycles. The molecule has 4 rings (SSSR count). The van der Waals surface area contributed by atoms with E-state index in [0.717, 1.165) is 5.56 Å². The van der Waals surface area contributed by atoms with E-state index in [4.69, 9.17) is 11.6 Å². The first-order chi connectivity index (χ1) is 16.9. The zero-order valence-electron chi connectivity index (χ0n) is 19.4. The quantitative estimate of drug-likeness (QED) is 0.509. The Morgan fingerprint density at radius 3 is 2.51 bits per heavy atom. The van der Waals surface area contributed by atoms with Gasteiger partial charge in [-0.15, -0.1) is 0 Å². The van der Waals surface area contributed by atoms with E-state index in [-0.39, 0.29) is 18.4 Å². The number of amides is 2. The fourth-order valence-electron chi connectivity index (χ4n) is 4.21. The van der Waals surface area contributed by atoms with Crippen molar-refractivity contribution in [2.75, 3.05) is 42.9 Å². The lowest BCUT2D eigenvalue weighted by Gasteiger charge is -2.40. The maximum atomic E-state index is 14.2. The van der Waals surface area contributed by atoms with Crippen molar-refractivity contribution >= 4 is 34.8 Å². The SMILES string of the molecule is Cc1c(Cl)cccc1NC(=O)C(=O)NC[C@H](c1cccnc1)N1CCN(c2ccccc2F)CC1. The minimum atomic E-state index is -0.760. The van der Waals surface area contributed by atoms with Crippen LogP contribution in [-0.4, -0.2) is 54.4 Å². The number of halogens is 2. The van der Waals surface area contributed by atoms with E-state index in [2.05, 4.69) is 20.5 Å². The molecule has 0 radical (unpaired) electrons. The van der Waals surface area contributed by atoms with Gasteiger partial charge in [-0.3, -0.25) is 19.5 Å². The van der Waals surface area contributed by atoms with Crippen molar-refractivity contribution in [1.82, 2.24) is 15.2 Å². The van der Waals surface area contributed by atoms with Crippen molar-refractivity contribution in [2.45, 2.75) is 13.0 Å². The van der Waals surface area contributed by atoms with E-state index < -0.39 is 11.8 Å². The molecule has 2 heterocycles. The first-order valence-electron chi connectivity index (χ1n) is 11.4. The highest BCUT2D eigenvalue weighted by molar-refractivity contribution is 6.40. The summed E-state index contributed by atoms with van der Waals surface area (Å²) in [6.07, 6.45) is 3.45. The van der Waals surface area contributed by atoms with Gasteiger partial charge in [0.1, 0.15) is 5.82 Å². The van der Waals surface area contributed by atoms with Gasteiger partial charge in [-0.25, -0.2) is 4.39 Å². The second-order valence-corrected chi connectivity index (χ2v) is 8.76. The molecule has 182 valence electrons. The average molecular weight is 496 g/mol. The third-order valence-corrected chi connectivity index (χ3v) is 6.60. The molecule has 1 aliphatic rings. The number of para-hydroxylation sites is 1. The third-order valence-electron chi connectivity index (χ3n) is 6.20. The maximum Gasteiger partial charge on any atom is 0.313 e. The van der Waals surface area contributed by atoms with E-state index in [1.54, 1.807) is 49.6 Å². The molecule has 0 unspecified atom stereocenters. The number of hydrogen-bond acceptors (Lipinski definition) is 5. The van der Waals surface area contributed by atoms with Crippen LogP contribution in [0.3, 0.4) is 0 Å². The normalized spacial score (nSPS) is 14.9. The van der Waals surface area contributed by atoms with Crippen LogP contribution in [-0.2, 0) is 9.59 Å². The number of benzene rings is 2. The number of nitrogens with one attached hydrogen (secondary N) is 2. The van der Waals surface area contributed by atoms with Crippen LogP contribution >= 0.6 is 11.6 Å². The lowest BCUT2D eigenvalue weighted by molar-refractivity contribution is -0.136. The number of carbonyl (C=O) groups is 2. The van der Waals surface area contributed by atoms with Crippen LogP contribution in [0.4, 0.5) is 15.8 Å². The van der Waals surface area contributed by atoms with E-state index in [1.165, 1.54) is 6.07 Å². The van der Waals surface area contributed by atoms with Gasteiger partial charge in [0.25, 0.3) is 0 Å². The van der Waals surface area contributed by atoms with Crippen molar-refractivity contribution in [3.63, 3.8) is 0 Å². The van der Waals surface area contributed by atoms with Crippen molar-refractivity contribution in [2.24, 2.45) is 0 Å². The minimum absolute atomic E-state index is 0.184. The Labute approximate surface area is 208 Å². The Hall–Kier alpha value is -3.49. The lowest BCUT2D eigenvalue weighted by atomic mass is 10.1. The minimum Gasteiger partial charge on any atom is -0.367 e. The topological polar surface area (TPSA) is 77.6 Å². The summed E-state index contributed by atoms with van der Waals surface area (Å²) < 4.78 is 14.2. The molecule has 9 heteroatoms. The van der Waals surface area contributed by atoms with E-state index in [0.29, 0.717) is 48.1 Å². The fourth-order valence-corrected chi connectivity index (χ4v) is 4.38. The Morgan fingerprint density at radius 1 is 1.03 bits per heavy atom. The van der Waals surface area contributed by atoms with E-state index >= 15 is 0 Å². The number of rotatable bonds is 6. The highest BCUT2D eigenvalue weighted by atomic mass is 35.5. The third kappa shape index (κ3) is 5.96. The predicted octanol–water partition coefficient (Wildman–Crippen LogP) is 3.80. The number of pyridine rings is 1. The molecular weight excluding hydrogens is 469 g/mol. The number of hydrogen-bond donors (Lipinski definition) is 2. The van der Waals surface area contributed by atoms with Gasteiger partial charge in [0, 0.05) is 55.8 Å². The Morgan fingerprint density at radius 2 is 1.80 bits per heavy atom. The number of nitrogens with zero attached hydrogens (tertiary/aromatic N) is 3. The van der Waals surface area contributed by atoms with Gasteiger partial charge in [-0.1, -0.05) is 35.9 Å². The summed E-state index contributed by atoms with van der Waals surface area (Å²) in [7, 11) is 0. The number of piperazine rings is 1. The lowest BCUT2D eigenvalue weighted by Crippen LogP contribution is -2.50. The molecule has 0 saturated carbocycles. The van der Waals surface area contributed by atoms with Crippen LogP contribution in [0.5, 0.6) is 0 Å². The Balaban J connectivity index is 1.40. The summed E-state index contributed by atoms with van der Waals surface area (Å²) in [5, 5.41) is 5.89. The second-order valence-electron chi connectivity index (χ2n) is 8.35. The summed E-state index contributed by atoms with van der Waals surface area (Å²) in [6, 6.07) is 15.5. The molecule has 3 aromatic rings. The Kier molecular flexibility index (Phi) is 7.94. The molecule has 2 amide bonds. The van der Waals surface area contributed by atoms with Gasteiger partial charge < -0.3 is 15.5 Å². The molecule has 35 heavy (non-hydrogen) atoms. The van der Waals surface area contributed by atoms with Crippen LogP contribution in [0.1, 0.15) is 17.2 Å². The molecule has 7 nitrogen and oxygen atoms in total. The number of anilines is 2. The van der Waals surface area contributed by atoms with Crippen LogP contribution in [0.25, 0.3) is 0 Å². The predicted molar refractivity (Wildman–Crippen MR) is 135 cm³/mol. The number of carbonyl (C=O) groups excluding carboxylic acids is 2. The summed E-state index contributed by atoms with van der Waals surface area (Å²) in [5.41, 5.74) is 2.70. The van der Waals surface area contributed by atoms with Crippen LogP contribution in [0, 0.1) is 12.7 Å². The molecule has 1 aromatic heterocycles. The molecule has 1 saturated heterocycles. The Bertz CT molecular complexity index is 1190. The van der Waals surface area contributed by atoms with Crippen molar-refractivity contribution in [1.29, 1.82) is 0 Å². The number of aromatic nitrogens is 1. The van der Waals surface area contributed by atoms with Crippen molar-refractivity contribution in [3.8, 4) is 0 Å². The summed E-state index contributed by atoms with van der Waals surface area (Å²) in [5.74, 6) is -1.73. The largest absolute Gasteiger partial charge is 0.367 e. The average Bonchev–Trinajstić information content (AvgIpc) is 2.88. The van der Waals surface area contributed by atoms with Gasteiger partial charge in [0.15, 0.2) is 0 Å².